The molecule has 1 fully saturated rings. The molecule has 0 spiro atoms. The minimum absolute atomic E-state index is 0.0819. The minimum Gasteiger partial charge on any atom is -0.377 e. The first-order chi connectivity index (χ1) is 16.6. The van der Waals surface area contributed by atoms with Gasteiger partial charge in [0.15, 0.2) is 0 Å². The smallest absolute Gasteiger partial charge is 0.377 e. The SMILES string of the molecule is C=C(CC(C)CC(=C)c1cccc2c1CSC(NC(=C)CCCC(F)(F)F)C2)CC1CCCCC1. The topological polar surface area (TPSA) is 12.0 Å². The summed E-state index contributed by atoms with van der Waals surface area (Å²) in [6, 6.07) is 6.47. The summed E-state index contributed by atoms with van der Waals surface area (Å²) in [5.74, 6) is 2.24. The van der Waals surface area contributed by atoms with Crippen LogP contribution in [-0.4, -0.2) is 11.6 Å². The van der Waals surface area contributed by atoms with E-state index in [1.807, 2.05) is 0 Å². The minimum atomic E-state index is -4.10. The number of hydrogen-bond acceptors (Lipinski definition) is 2. The first kappa shape index (κ1) is 28.0. The lowest BCUT2D eigenvalue weighted by Crippen LogP contribution is -2.30. The molecule has 1 N–H and O–H groups in total. The molecule has 35 heavy (non-hydrogen) atoms. The van der Waals surface area contributed by atoms with E-state index >= 15 is 0 Å². The third-order valence-corrected chi connectivity index (χ3v) is 8.47. The number of hydrogen-bond donors (Lipinski definition) is 1. The van der Waals surface area contributed by atoms with Gasteiger partial charge >= 0.3 is 6.18 Å². The van der Waals surface area contributed by atoms with Crippen LogP contribution in [0.1, 0.15) is 94.2 Å². The van der Waals surface area contributed by atoms with E-state index < -0.39 is 12.6 Å². The molecule has 0 bridgehead atoms. The third-order valence-electron chi connectivity index (χ3n) is 7.33. The fraction of sp³-hybridized carbons (Fsp3) is 0.600. The van der Waals surface area contributed by atoms with Gasteiger partial charge < -0.3 is 5.32 Å². The van der Waals surface area contributed by atoms with E-state index in [0.29, 0.717) is 18.0 Å². The van der Waals surface area contributed by atoms with E-state index in [1.165, 1.54) is 66.4 Å². The molecule has 1 nitrogen and oxygen atoms in total. The zero-order valence-corrected chi connectivity index (χ0v) is 22.1. The van der Waals surface area contributed by atoms with Crippen molar-refractivity contribution in [1.82, 2.24) is 5.32 Å². The Morgan fingerprint density at radius 2 is 1.86 bits per heavy atom. The fourth-order valence-electron chi connectivity index (χ4n) is 5.64. The predicted octanol–water partition coefficient (Wildman–Crippen LogP) is 9.59. The lowest BCUT2D eigenvalue weighted by atomic mass is 9.82. The van der Waals surface area contributed by atoms with Gasteiger partial charge in [0.25, 0.3) is 0 Å². The van der Waals surface area contributed by atoms with Crippen molar-refractivity contribution in [2.45, 2.75) is 101 Å². The molecule has 1 aromatic carbocycles. The van der Waals surface area contributed by atoms with E-state index in [0.717, 1.165) is 30.9 Å². The normalized spacial score (nSPS) is 19.6. The molecule has 2 unspecified atom stereocenters. The zero-order valence-electron chi connectivity index (χ0n) is 21.3. The summed E-state index contributed by atoms with van der Waals surface area (Å²) in [7, 11) is 0. The molecule has 1 heterocycles. The number of benzene rings is 1. The van der Waals surface area contributed by atoms with Crippen molar-refractivity contribution in [2.24, 2.45) is 11.8 Å². The van der Waals surface area contributed by atoms with Gasteiger partial charge in [-0.05, 0) is 66.2 Å². The maximum absolute atomic E-state index is 12.4. The Morgan fingerprint density at radius 3 is 2.57 bits per heavy atom. The van der Waals surface area contributed by atoms with E-state index in [4.69, 9.17) is 0 Å². The monoisotopic (exact) mass is 505 g/mol. The van der Waals surface area contributed by atoms with Crippen LogP contribution in [0.4, 0.5) is 13.2 Å². The molecular formula is C30H42F3NS. The van der Waals surface area contributed by atoms with Crippen LogP contribution in [0.5, 0.6) is 0 Å². The zero-order chi connectivity index (χ0) is 25.4. The van der Waals surface area contributed by atoms with Crippen LogP contribution >= 0.6 is 11.8 Å². The van der Waals surface area contributed by atoms with Crippen molar-refractivity contribution in [3.05, 3.63) is 65.9 Å². The largest absolute Gasteiger partial charge is 0.389 e. The van der Waals surface area contributed by atoms with Crippen LogP contribution in [0.25, 0.3) is 5.57 Å². The average molecular weight is 506 g/mol. The Hall–Kier alpha value is -1.62. The van der Waals surface area contributed by atoms with Gasteiger partial charge in [-0.3, -0.25) is 0 Å². The Labute approximate surface area is 214 Å². The number of alkyl halides is 3. The molecule has 2 atom stereocenters. The quantitative estimate of drug-likeness (QED) is 0.284. The number of rotatable bonds is 12. The maximum Gasteiger partial charge on any atom is 0.389 e. The van der Waals surface area contributed by atoms with E-state index in [2.05, 4.69) is 50.2 Å². The number of halogens is 3. The number of allylic oxidation sites excluding steroid dienone is 3. The van der Waals surface area contributed by atoms with E-state index in [1.54, 1.807) is 11.8 Å². The fourth-order valence-corrected chi connectivity index (χ4v) is 6.90. The lowest BCUT2D eigenvalue weighted by Gasteiger charge is -2.29. The lowest BCUT2D eigenvalue weighted by molar-refractivity contribution is -0.135. The second kappa shape index (κ2) is 13.1. The Kier molecular flexibility index (Phi) is 10.4. The molecule has 1 aliphatic heterocycles. The highest BCUT2D eigenvalue weighted by Gasteiger charge is 2.27. The summed E-state index contributed by atoms with van der Waals surface area (Å²) < 4.78 is 37.2. The molecule has 1 aliphatic carbocycles. The summed E-state index contributed by atoms with van der Waals surface area (Å²) in [5, 5.41) is 3.50. The number of thioether (sulfide) groups is 1. The molecule has 0 amide bonds. The van der Waals surface area contributed by atoms with Gasteiger partial charge in [0.2, 0.25) is 0 Å². The van der Waals surface area contributed by atoms with Gasteiger partial charge in [0.05, 0.1) is 5.37 Å². The molecule has 1 saturated carbocycles. The Bertz CT molecular complexity index is 882. The number of nitrogens with one attached hydrogen (secondary N) is 1. The van der Waals surface area contributed by atoms with Crippen molar-refractivity contribution < 1.29 is 13.2 Å². The second-order valence-electron chi connectivity index (χ2n) is 10.7. The first-order valence-electron chi connectivity index (χ1n) is 13.2. The molecule has 3 rings (SSSR count). The van der Waals surface area contributed by atoms with Crippen LogP contribution < -0.4 is 5.32 Å². The van der Waals surface area contributed by atoms with Gasteiger partial charge in [-0.1, -0.05) is 82.5 Å². The van der Waals surface area contributed by atoms with E-state index in [9.17, 15) is 13.2 Å². The van der Waals surface area contributed by atoms with Crippen molar-refractivity contribution in [1.29, 1.82) is 0 Å². The van der Waals surface area contributed by atoms with Crippen LogP contribution in [0.2, 0.25) is 0 Å². The standard InChI is InChI=1S/C30H42F3NS/c1-21(16-22(2)18-25-11-6-5-7-12-25)17-23(3)27-14-8-13-26-19-29(35-20-28(26)27)34-24(4)10-9-15-30(31,32)33/h8,13-14,21,25,29,34H,2-7,9-12,15-20H2,1H3. The molecule has 0 aromatic heterocycles. The molecule has 5 heteroatoms. The van der Waals surface area contributed by atoms with Crippen molar-refractivity contribution in [3.8, 4) is 0 Å². The predicted molar refractivity (Wildman–Crippen MR) is 145 cm³/mol. The Balaban J connectivity index is 1.49. The summed E-state index contributed by atoms with van der Waals surface area (Å²) in [5.41, 5.74) is 7.21. The molecule has 194 valence electrons. The summed E-state index contributed by atoms with van der Waals surface area (Å²) in [4.78, 5) is 0. The highest BCUT2D eigenvalue weighted by atomic mass is 32.2. The van der Waals surface area contributed by atoms with Crippen molar-refractivity contribution in [2.75, 3.05) is 0 Å². The van der Waals surface area contributed by atoms with Crippen LogP contribution in [0, 0.1) is 11.8 Å². The second-order valence-corrected chi connectivity index (χ2v) is 11.9. The molecular weight excluding hydrogens is 463 g/mol. The summed E-state index contributed by atoms with van der Waals surface area (Å²) in [6.07, 6.45) is 6.53. The maximum atomic E-state index is 12.4. The van der Waals surface area contributed by atoms with Crippen LogP contribution in [0.3, 0.4) is 0 Å². The molecule has 0 saturated heterocycles. The average Bonchev–Trinajstić information content (AvgIpc) is 2.78. The summed E-state index contributed by atoms with van der Waals surface area (Å²) >= 11 is 1.80. The van der Waals surface area contributed by atoms with Crippen LogP contribution in [-0.2, 0) is 12.2 Å². The third kappa shape index (κ3) is 9.40. The van der Waals surface area contributed by atoms with Gasteiger partial charge in [-0.2, -0.15) is 13.2 Å². The van der Waals surface area contributed by atoms with Gasteiger partial charge in [-0.15, -0.1) is 11.8 Å². The molecule has 0 radical (unpaired) electrons. The van der Waals surface area contributed by atoms with Crippen molar-refractivity contribution in [3.63, 3.8) is 0 Å². The molecule has 1 aromatic rings. The summed E-state index contributed by atoms with van der Waals surface area (Å²) in [6.45, 7) is 15.1. The first-order valence-corrected chi connectivity index (χ1v) is 14.2. The Morgan fingerprint density at radius 1 is 1.11 bits per heavy atom. The van der Waals surface area contributed by atoms with E-state index in [-0.39, 0.29) is 11.8 Å². The van der Waals surface area contributed by atoms with Gasteiger partial charge in [0.1, 0.15) is 0 Å². The van der Waals surface area contributed by atoms with Crippen molar-refractivity contribution >= 4 is 17.3 Å². The highest BCUT2D eigenvalue weighted by molar-refractivity contribution is 7.99. The molecule has 2 aliphatic rings. The highest BCUT2D eigenvalue weighted by Crippen LogP contribution is 2.37. The van der Waals surface area contributed by atoms with Gasteiger partial charge in [0, 0.05) is 24.3 Å². The number of fused-ring (bicyclic) bond motifs is 1. The van der Waals surface area contributed by atoms with Gasteiger partial charge in [-0.25, -0.2) is 0 Å². The van der Waals surface area contributed by atoms with Crippen LogP contribution in [0.15, 0.2) is 49.2 Å².